The Morgan fingerprint density at radius 1 is 1.11 bits per heavy atom. The van der Waals surface area contributed by atoms with Crippen LogP contribution in [0.3, 0.4) is 0 Å². The standard InChI is InChI=1S/C22H28N2O3S/c1-15-8-9-16(2)21(12-15)24(28(4,26)27)14-22(25)23-17(3)19-11-10-18-6-5-7-20(18)13-19/h8-13,17H,5-7,14H2,1-4H3,(H,23,25)/t17-/m0/s1. The van der Waals surface area contributed by atoms with Crippen LogP contribution in [0.25, 0.3) is 0 Å². The van der Waals surface area contributed by atoms with Crippen molar-refractivity contribution in [3.05, 3.63) is 64.2 Å². The lowest BCUT2D eigenvalue weighted by Gasteiger charge is -2.25. The third-order valence-corrected chi connectivity index (χ3v) is 6.45. The van der Waals surface area contributed by atoms with E-state index in [0.29, 0.717) is 5.69 Å². The van der Waals surface area contributed by atoms with E-state index < -0.39 is 10.0 Å². The van der Waals surface area contributed by atoms with Crippen molar-refractivity contribution < 1.29 is 13.2 Å². The van der Waals surface area contributed by atoms with Gasteiger partial charge in [0, 0.05) is 0 Å². The van der Waals surface area contributed by atoms with Crippen LogP contribution in [-0.4, -0.2) is 27.1 Å². The minimum Gasteiger partial charge on any atom is -0.348 e. The number of amides is 1. The van der Waals surface area contributed by atoms with Gasteiger partial charge in [0.2, 0.25) is 15.9 Å². The summed E-state index contributed by atoms with van der Waals surface area (Å²) in [5.41, 5.74) is 6.10. The average Bonchev–Trinajstić information content (AvgIpc) is 3.08. The smallest absolute Gasteiger partial charge is 0.241 e. The fourth-order valence-corrected chi connectivity index (χ4v) is 4.64. The fourth-order valence-electron chi connectivity index (χ4n) is 3.73. The molecule has 0 fully saturated rings. The molecule has 2 aromatic carbocycles. The molecule has 1 atom stereocenters. The van der Waals surface area contributed by atoms with Gasteiger partial charge in [0.1, 0.15) is 6.54 Å². The van der Waals surface area contributed by atoms with Gasteiger partial charge < -0.3 is 5.32 Å². The highest BCUT2D eigenvalue weighted by Gasteiger charge is 2.23. The van der Waals surface area contributed by atoms with Crippen LogP contribution in [0.4, 0.5) is 5.69 Å². The summed E-state index contributed by atoms with van der Waals surface area (Å²) in [5.74, 6) is -0.320. The first-order valence-corrected chi connectivity index (χ1v) is 11.5. The summed E-state index contributed by atoms with van der Waals surface area (Å²) in [6, 6.07) is 11.8. The monoisotopic (exact) mass is 400 g/mol. The maximum Gasteiger partial charge on any atom is 0.241 e. The zero-order valence-corrected chi connectivity index (χ0v) is 17.8. The van der Waals surface area contributed by atoms with Gasteiger partial charge in [-0.25, -0.2) is 8.42 Å². The molecule has 0 heterocycles. The lowest BCUT2D eigenvalue weighted by molar-refractivity contribution is -0.120. The van der Waals surface area contributed by atoms with Crippen LogP contribution >= 0.6 is 0 Å². The summed E-state index contributed by atoms with van der Waals surface area (Å²) >= 11 is 0. The Bertz CT molecular complexity index is 999. The molecule has 2 aromatic rings. The van der Waals surface area contributed by atoms with Crippen molar-refractivity contribution in [2.24, 2.45) is 0 Å². The van der Waals surface area contributed by atoms with Gasteiger partial charge in [0.05, 0.1) is 18.0 Å². The van der Waals surface area contributed by atoms with Crippen molar-refractivity contribution in [2.45, 2.75) is 46.1 Å². The van der Waals surface area contributed by atoms with E-state index in [9.17, 15) is 13.2 Å². The molecule has 0 saturated heterocycles. The van der Waals surface area contributed by atoms with Gasteiger partial charge in [-0.2, -0.15) is 0 Å². The molecular formula is C22H28N2O3S. The number of anilines is 1. The van der Waals surface area contributed by atoms with Crippen molar-refractivity contribution in [1.29, 1.82) is 0 Å². The normalized spacial score (nSPS) is 14.4. The Morgan fingerprint density at radius 3 is 2.54 bits per heavy atom. The minimum absolute atomic E-state index is 0.182. The Hall–Kier alpha value is -2.34. The molecule has 1 aliphatic carbocycles. The van der Waals surface area contributed by atoms with Gasteiger partial charge in [-0.1, -0.05) is 30.3 Å². The Balaban J connectivity index is 1.76. The van der Waals surface area contributed by atoms with E-state index in [4.69, 9.17) is 0 Å². The fraction of sp³-hybridized carbons (Fsp3) is 0.409. The molecule has 0 aliphatic heterocycles. The lowest BCUT2D eigenvalue weighted by atomic mass is 10.0. The number of carbonyl (C=O) groups excluding carboxylic acids is 1. The number of carbonyl (C=O) groups is 1. The molecule has 1 amide bonds. The Morgan fingerprint density at radius 2 is 1.82 bits per heavy atom. The van der Waals surface area contributed by atoms with Crippen molar-refractivity contribution in [3.63, 3.8) is 0 Å². The SMILES string of the molecule is Cc1ccc(C)c(N(CC(=O)N[C@@H](C)c2ccc3c(c2)CCC3)S(C)(=O)=O)c1. The second-order valence-corrected chi connectivity index (χ2v) is 9.64. The summed E-state index contributed by atoms with van der Waals surface area (Å²) < 4.78 is 25.9. The van der Waals surface area contributed by atoms with E-state index in [1.54, 1.807) is 6.07 Å². The Labute approximate surface area is 167 Å². The van der Waals surface area contributed by atoms with Gasteiger partial charge in [-0.05, 0) is 73.9 Å². The molecule has 5 nitrogen and oxygen atoms in total. The lowest BCUT2D eigenvalue weighted by Crippen LogP contribution is -2.41. The predicted molar refractivity (Wildman–Crippen MR) is 113 cm³/mol. The third-order valence-electron chi connectivity index (χ3n) is 5.32. The first-order valence-electron chi connectivity index (χ1n) is 9.61. The molecule has 28 heavy (non-hydrogen) atoms. The summed E-state index contributed by atoms with van der Waals surface area (Å²) in [6.45, 7) is 5.44. The van der Waals surface area contributed by atoms with Crippen LogP contribution in [0, 0.1) is 13.8 Å². The van der Waals surface area contributed by atoms with Crippen molar-refractivity contribution in [2.75, 3.05) is 17.1 Å². The highest BCUT2D eigenvalue weighted by Crippen LogP contribution is 2.26. The topological polar surface area (TPSA) is 66.5 Å². The molecular weight excluding hydrogens is 372 g/mol. The summed E-state index contributed by atoms with van der Waals surface area (Å²) in [5, 5.41) is 2.95. The molecule has 1 N–H and O–H groups in total. The van der Waals surface area contributed by atoms with Crippen LogP contribution < -0.4 is 9.62 Å². The van der Waals surface area contributed by atoms with Gasteiger partial charge in [-0.3, -0.25) is 9.10 Å². The highest BCUT2D eigenvalue weighted by atomic mass is 32.2. The van der Waals surface area contributed by atoms with Crippen LogP contribution in [0.2, 0.25) is 0 Å². The van der Waals surface area contributed by atoms with Gasteiger partial charge in [0.15, 0.2) is 0 Å². The van der Waals surface area contributed by atoms with Gasteiger partial charge in [0.25, 0.3) is 0 Å². The van der Waals surface area contributed by atoms with Crippen LogP contribution in [0.1, 0.15) is 47.2 Å². The predicted octanol–water partition coefficient (Wildman–Crippen LogP) is 3.44. The summed E-state index contributed by atoms with van der Waals surface area (Å²) in [4.78, 5) is 12.7. The molecule has 0 spiro atoms. The quantitative estimate of drug-likeness (QED) is 0.808. The zero-order chi connectivity index (χ0) is 20.5. The van der Waals surface area contributed by atoms with Crippen LogP contribution in [0.15, 0.2) is 36.4 Å². The molecule has 0 aromatic heterocycles. The highest BCUT2D eigenvalue weighted by molar-refractivity contribution is 7.92. The van der Waals surface area contributed by atoms with E-state index in [-0.39, 0.29) is 18.5 Å². The first-order chi connectivity index (χ1) is 13.1. The molecule has 0 unspecified atom stereocenters. The first kappa shape index (κ1) is 20.4. The van der Waals surface area contributed by atoms with E-state index >= 15 is 0 Å². The zero-order valence-electron chi connectivity index (χ0n) is 17.0. The second-order valence-electron chi connectivity index (χ2n) is 7.73. The molecule has 6 heteroatoms. The number of aryl methyl sites for hydroxylation is 4. The maximum atomic E-state index is 12.7. The molecule has 150 valence electrons. The number of sulfonamides is 1. The number of nitrogens with one attached hydrogen (secondary N) is 1. The summed E-state index contributed by atoms with van der Waals surface area (Å²) in [7, 11) is -3.59. The van der Waals surface area contributed by atoms with E-state index in [1.807, 2.05) is 39.0 Å². The van der Waals surface area contributed by atoms with Crippen molar-refractivity contribution >= 4 is 21.6 Å². The van der Waals surface area contributed by atoms with Gasteiger partial charge in [-0.15, -0.1) is 0 Å². The molecule has 3 rings (SSSR count). The third kappa shape index (κ3) is 4.55. The van der Waals surface area contributed by atoms with Crippen LogP contribution in [-0.2, 0) is 27.7 Å². The van der Waals surface area contributed by atoms with Crippen LogP contribution in [0.5, 0.6) is 0 Å². The number of nitrogens with zero attached hydrogens (tertiary/aromatic N) is 1. The minimum atomic E-state index is -3.59. The Kier molecular flexibility index (Phi) is 5.79. The number of rotatable bonds is 6. The number of hydrogen-bond acceptors (Lipinski definition) is 3. The van der Waals surface area contributed by atoms with E-state index in [1.165, 1.54) is 21.9 Å². The number of hydrogen-bond donors (Lipinski definition) is 1. The number of benzene rings is 2. The molecule has 1 aliphatic rings. The summed E-state index contributed by atoms with van der Waals surface area (Å²) in [6.07, 6.45) is 4.51. The van der Waals surface area contributed by atoms with Crippen molar-refractivity contribution in [1.82, 2.24) is 5.32 Å². The molecule has 0 saturated carbocycles. The van der Waals surface area contributed by atoms with Crippen molar-refractivity contribution in [3.8, 4) is 0 Å². The molecule has 0 radical (unpaired) electrons. The van der Waals surface area contributed by atoms with E-state index in [0.717, 1.165) is 35.8 Å². The van der Waals surface area contributed by atoms with Gasteiger partial charge >= 0.3 is 0 Å². The average molecular weight is 401 g/mol. The number of fused-ring (bicyclic) bond motifs is 1. The largest absolute Gasteiger partial charge is 0.348 e. The molecule has 0 bridgehead atoms. The van der Waals surface area contributed by atoms with E-state index in [2.05, 4.69) is 17.4 Å². The second kappa shape index (κ2) is 7.95. The maximum absolute atomic E-state index is 12.7.